The number of allylic oxidation sites excluding steroid dienone is 7. The van der Waals surface area contributed by atoms with Crippen molar-refractivity contribution >= 4 is 11.9 Å². The Kier molecular flexibility index (Phi) is 62.4. The molecule has 89 heavy (non-hydrogen) atoms. The number of hydrogen-bond donors (Lipinski definition) is 6. The van der Waals surface area contributed by atoms with E-state index in [1.807, 2.05) is 6.08 Å². The first-order valence-electron chi connectivity index (χ1n) is 38.4. The number of amides is 1. The quantitative estimate of drug-likeness (QED) is 0.0195. The monoisotopic (exact) mass is 1260 g/mol. The van der Waals surface area contributed by atoms with Gasteiger partial charge in [-0.05, 0) is 83.5 Å². The molecule has 11 nitrogen and oxygen atoms in total. The van der Waals surface area contributed by atoms with Crippen molar-refractivity contribution in [3.8, 4) is 0 Å². The first-order chi connectivity index (χ1) is 43.7. The third-order valence-electron chi connectivity index (χ3n) is 18.2. The SMILES string of the molecule is CCCCC/C=C\C/C=C\CCCCCCCCCCCCCC(=O)OC1C(OCC(NC(=O)C(O)CCCCCCCCCCCCCCCCCC/C=C/CCCCCCCC)C(O)/C=C/CCCCCCCCCCCCC)OC(CO)C(O)C1O. The van der Waals surface area contributed by atoms with E-state index in [0.717, 1.165) is 64.2 Å². The molecule has 8 unspecified atom stereocenters. The number of aliphatic hydroxyl groups is 5. The van der Waals surface area contributed by atoms with Gasteiger partial charge < -0.3 is 45.1 Å². The molecule has 0 bridgehead atoms. The molecule has 0 aromatic rings. The molecule has 11 heteroatoms. The molecule has 1 heterocycles. The Bertz CT molecular complexity index is 1640. The van der Waals surface area contributed by atoms with Gasteiger partial charge in [-0.3, -0.25) is 9.59 Å². The minimum absolute atomic E-state index is 0.123. The van der Waals surface area contributed by atoms with Crippen LogP contribution in [0.25, 0.3) is 0 Å². The molecule has 522 valence electrons. The molecule has 0 aliphatic carbocycles. The van der Waals surface area contributed by atoms with E-state index in [0.29, 0.717) is 19.3 Å². The molecule has 0 aromatic carbocycles. The van der Waals surface area contributed by atoms with E-state index in [1.54, 1.807) is 6.08 Å². The highest BCUT2D eigenvalue weighted by atomic mass is 16.7. The molecule has 1 aliphatic rings. The average Bonchev–Trinajstić information content (AvgIpc) is 2.24. The number of nitrogens with one attached hydrogen (secondary N) is 1. The highest BCUT2D eigenvalue weighted by molar-refractivity contribution is 5.80. The van der Waals surface area contributed by atoms with E-state index in [2.05, 4.69) is 62.5 Å². The average molecular weight is 1260 g/mol. The van der Waals surface area contributed by atoms with Crippen molar-refractivity contribution in [3.63, 3.8) is 0 Å². The number of carbonyl (C=O) groups excluding carboxylic acids is 2. The molecular weight excluding hydrogens is 1110 g/mol. The van der Waals surface area contributed by atoms with Crippen molar-refractivity contribution < 1.29 is 49.3 Å². The van der Waals surface area contributed by atoms with Gasteiger partial charge in [-0.1, -0.05) is 333 Å². The van der Waals surface area contributed by atoms with Gasteiger partial charge in [-0.25, -0.2) is 0 Å². The molecule has 1 saturated heterocycles. The first kappa shape index (κ1) is 84.6. The number of esters is 1. The fourth-order valence-corrected chi connectivity index (χ4v) is 12.2. The van der Waals surface area contributed by atoms with Gasteiger partial charge >= 0.3 is 5.97 Å². The van der Waals surface area contributed by atoms with Crippen LogP contribution in [0.5, 0.6) is 0 Å². The lowest BCUT2D eigenvalue weighted by Gasteiger charge is -2.41. The van der Waals surface area contributed by atoms with Gasteiger partial charge in [0, 0.05) is 6.42 Å². The van der Waals surface area contributed by atoms with Gasteiger partial charge in [0.05, 0.1) is 25.4 Å². The van der Waals surface area contributed by atoms with Crippen LogP contribution in [0.4, 0.5) is 0 Å². The smallest absolute Gasteiger partial charge is 0.306 e. The van der Waals surface area contributed by atoms with Gasteiger partial charge in [0.1, 0.15) is 24.4 Å². The van der Waals surface area contributed by atoms with Gasteiger partial charge in [0.15, 0.2) is 12.4 Å². The van der Waals surface area contributed by atoms with Crippen LogP contribution in [0.3, 0.4) is 0 Å². The molecule has 0 radical (unpaired) electrons. The fraction of sp³-hybridized carbons (Fsp3) is 0.872. The minimum Gasteiger partial charge on any atom is -0.454 e. The maximum Gasteiger partial charge on any atom is 0.306 e. The zero-order chi connectivity index (χ0) is 64.6. The minimum atomic E-state index is -1.61. The summed E-state index contributed by atoms with van der Waals surface area (Å²) in [6, 6.07) is -1.02. The third kappa shape index (κ3) is 52.7. The molecule has 1 fully saturated rings. The lowest BCUT2D eigenvalue weighted by molar-refractivity contribution is -0.305. The molecular formula is C78H145NO10. The van der Waals surface area contributed by atoms with Gasteiger partial charge in [-0.2, -0.15) is 0 Å². The van der Waals surface area contributed by atoms with Crippen molar-refractivity contribution in [3.05, 3.63) is 48.6 Å². The number of hydrogen-bond acceptors (Lipinski definition) is 10. The molecule has 1 rings (SSSR count). The van der Waals surface area contributed by atoms with Crippen molar-refractivity contribution in [2.45, 2.75) is 423 Å². The summed E-state index contributed by atoms with van der Waals surface area (Å²) in [5.41, 5.74) is 0. The maximum absolute atomic E-state index is 13.5. The molecule has 1 aliphatic heterocycles. The lowest BCUT2D eigenvalue weighted by atomic mass is 9.99. The summed E-state index contributed by atoms with van der Waals surface area (Å²) in [4.78, 5) is 26.7. The predicted molar refractivity (Wildman–Crippen MR) is 375 cm³/mol. The Labute approximate surface area is 548 Å². The normalized spacial score (nSPS) is 18.3. The van der Waals surface area contributed by atoms with Crippen molar-refractivity contribution in [2.75, 3.05) is 13.2 Å². The van der Waals surface area contributed by atoms with Crippen LogP contribution < -0.4 is 5.32 Å². The Hall–Kier alpha value is -2.38. The van der Waals surface area contributed by atoms with Crippen molar-refractivity contribution in [1.29, 1.82) is 0 Å². The standard InChI is InChI=1S/C78H145NO10/c1-4-7-10-13-16-19-22-25-27-29-31-33-34-35-36-37-39-40-42-44-47-50-53-56-59-62-65-71(82)77(86)79-69(70(81)64-61-58-55-52-49-46-24-21-18-15-12-9-6-3)68-87-78-76(75(85)74(84)72(67-80)88-78)89-73(83)66-63-60-57-54-51-48-45-43-41-38-32-30-28-26-23-20-17-14-11-8-5-2/h17,20,25-28,61,64,69-72,74-76,78,80-82,84-85H,4-16,18-19,21-24,29-60,62-63,65-68H2,1-3H3,(H,79,86)/b20-17-,27-25+,28-26-,64-61+. The third-order valence-corrected chi connectivity index (χ3v) is 18.2. The summed E-state index contributed by atoms with van der Waals surface area (Å²) in [6.07, 6.45) is 73.0. The van der Waals surface area contributed by atoms with Gasteiger partial charge in [0.25, 0.3) is 0 Å². The van der Waals surface area contributed by atoms with E-state index in [9.17, 15) is 35.1 Å². The topological polar surface area (TPSA) is 175 Å². The summed E-state index contributed by atoms with van der Waals surface area (Å²) in [5.74, 6) is -1.18. The molecule has 0 aromatic heterocycles. The van der Waals surface area contributed by atoms with E-state index >= 15 is 0 Å². The highest BCUT2D eigenvalue weighted by Crippen LogP contribution is 2.27. The molecule has 6 N–H and O–H groups in total. The predicted octanol–water partition coefficient (Wildman–Crippen LogP) is 20.3. The molecule has 0 saturated carbocycles. The van der Waals surface area contributed by atoms with Crippen LogP contribution in [0.2, 0.25) is 0 Å². The van der Waals surface area contributed by atoms with Crippen molar-refractivity contribution in [2.24, 2.45) is 0 Å². The van der Waals surface area contributed by atoms with Crippen LogP contribution >= 0.6 is 0 Å². The van der Waals surface area contributed by atoms with Crippen LogP contribution in [0, 0.1) is 0 Å². The Morgan fingerprint density at radius 3 is 1.18 bits per heavy atom. The Morgan fingerprint density at radius 2 is 0.775 bits per heavy atom. The van der Waals surface area contributed by atoms with Gasteiger partial charge in [-0.15, -0.1) is 0 Å². The van der Waals surface area contributed by atoms with Crippen LogP contribution in [-0.2, 0) is 23.8 Å². The first-order valence-corrected chi connectivity index (χ1v) is 38.4. The van der Waals surface area contributed by atoms with E-state index in [4.69, 9.17) is 14.2 Å². The number of ether oxygens (including phenoxy) is 3. The maximum atomic E-state index is 13.5. The van der Waals surface area contributed by atoms with Crippen molar-refractivity contribution in [1.82, 2.24) is 5.32 Å². The number of unbranched alkanes of at least 4 members (excludes halogenated alkanes) is 47. The van der Waals surface area contributed by atoms with Crippen LogP contribution in [0.1, 0.15) is 374 Å². The molecule has 0 spiro atoms. The van der Waals surface area contributed by atoms with Crippen LogP contribution in [-0.4, -0.2) is 99.6 Å². The molecule has 8 atom stereocenters. The second-order valence-corrected chi connectivity index (χ2v) is 26.7. The van der Waals surface area contributed by atoms with Gasteiger partial charge in [0.2, 0.25) is 5.91 Å². The Morgan fingerprint density at radius 1 is 0.438 bits per heavy atom. The van der Waals surface area contributed by atoms with E-state index in [-0.39, 0.29) is 13.0 Å². The summed E-state index contributed by atoms with van der Waals surface area (Å²) < 4.78 is 17.7. The van der Waals surface area contributed by atoms with E-state index in [1.165, 1.54) is 263 Å². The largest absolute Gasteiger partial charge is 0.454 e. The van der Waals surface area contributed by atoms with Crippen LogP contribution in [0.15, 0.2) is 48.6 Å². The highest BCUT2D eigenvalue weighted by Gasteiger charge is 2.47. The second kappa shape index (κ2) is 65.7. The zero-order valence-corrected chi connectivity index (χ0v) is 58.3. The number of carbonyl (C=O) groups is 2. The zero-order valence-electron chi connectivity index (χ0n) is 58.3. The summed E-state index contributed by atoms with van der Waals surface area (Å²) in [5, 5.41) is 57.4. The Balaban J connectivity index is 2.53. The molecule has 1 amide bonds. The number of rotatable bonds is 67. The lowest BCUT2D eigenvalue weighted by Crippen LogP contribution is -2.61. The number of aliphatic hydroxyl groups excluding tert-OH is 5. The second-order valence-electron chi connectivity index (χ2n) is 26.7. The summed E-state index contributed by atoms with van der Waals surface area (Å²) in [7, 11) is 0. The van der Waals surface area contributed by atoms with E-state index < -0.39 is 67.4 Å². The summed E-state index contributed by atoms with van der Waals surface area (Å²) in [6.45, 7) is 5.82. The fourth-order valence-electron chi connectivity index (χ4n) is 12.2. The summed E-state index contributed by atoms with van der Waals surface area (Å²) >= 11 is 0.